The van der Waals surface area contributed by atoms with Crippen LogP contribution in [0.4, 0.5) is 0 Å². The predicted octanol–water partition coefficient (Wildman–Crippen LogP) is 4.67. The maximum atomic E-state index is 5.86. The molecule has 0 radical (unpaired) electrons. The lowest BCUT2D eigenvalue weighted by Gasteiger charge is -2.12. The van der Waals surface area contributed by atoms with Gasteiger partial charge in [0, 0.05) is 18.2 Å². The Hall–Kier alpha value is -1.22. The van der Waals surface area contributed by atoms with E-state index >= 15 is 0 Å². The van der Waals surface area contributed by atoms with Gasteiger partial charge < -0.3 is 15.2 Å². The second kappa shape index (κ2) is 11.4. The van der Waals surface area contributed by atoms with Gasteiger partial charge in [0.15, 0.2) is 0 Å². The van der Waals surface area contributed by atoms with Gasteiger partial charge in [-0.1, -0.05) is 57.9 Å². The van der Waals surface area contributed by atoms with Crippen LogP contribution in [0.15, 0.2) is 18.2 Å². The minimum atomic E-state index is 0.497. The summed E-state index contributed by atoms with van der Waals surface area (Å²) in [5, 5.41) is 0. The minimum absolute atomic E-state index is 0.497. The normalized spacial score (nSPS) is 10.6. The van der Waals surface area contributed by atoms with Crippen LogP contribution < -0.4 is 15.2 Å². The lowest BCUT2D eigenvalue weighted by atomic mass is 10.1. The highest BCUT2D eigenvalue weighted by molar-refractivity contribution is 5.40. The minimum Gasteiger partial charge on any atom is -0.497 e. The summed E-state index contributed by atoms with van der Waals surface area (Å²) in [6.07, 6.45) is 10.5. The van der Waals surface area contributed by atoms with Crippen molar-refractivity contribution in [3.8, 4) is 11.5 Å². The third kappa shape index (κ3) is 7.37. The van der Waals surface area contributed by atoms with Crippen molar-refractivity contribution in [2.45, 2.75) is 64.8 Å². The first kappa shape index (κ1) is 17.8. The lowest BCUT2D eigenvalue weighted by Crippen LogP contribution is -2.04. The first-order chi connectivity index (χ1) is 10.3. The molecule has 120 valence electrons. The van der Waals surface area contributed by atoms with Crippen molar-refractivity contribution in [1.82, 2.24) is 0 Å². The van der Waals surface area contributed by atoms with Crippen LogP contribution in [0, 0.1) is 0 Å². The fraction of sp³-hybridized carbons (Fsp3) is 0.667. The molecule has 0 aliphatic rings. The number of hydrogen-bond donors (Lipinski definition) is 1. The molecule has 0 heterocycles. The molecule has 0 amide bonds. The summed E-state index contributed by atoms with van der Waals surface area (Å²) < 4.78 is 11.1. The molecular formula is C18H31NO2. The van der Waals surface area contributed by atoms with Crippen LogP contribution in [-0.4, -0.2) is 13.7 Å². The molecular weight excluding hydrogens is 262 g/mol. The number of ether oxygens (including phenoxy) is 2. The highest BCUT2D eigenvalue weighted by atomic mass is 16.5. The molecule has 0 aliphatic heterocycles. The average molecular weight is 293 g/mol. The predicted molar refractivity (Wildman–Crippen MR) is 89.0 cm³/mol. The Morgan fingerprint density at radius 2 is 1.62 bits per heavy atom. The van der Waals surface area contributed by atoms with E-state index in [-0.39, 0.29) is 0 Å². The lowest BCUT2D eigenvalue weighted by molar-refractivity contribution is 0.299. The molecule has 1 aromatic rings. The van der Waals surface area contributed by atoms with Crippen molar-refractivity contribution < 1.29 is 9.47 Å². The molecule has 0 spiro atoms. The van der Waals surface area contributed by atoms with Crippen molar-refractivity contribution in [1.29, 1.82) is 0 Å². The van der Waals surface area contributed by atoms with E-state index in [2.05, 4.69) is 6.92 Å². The molecule has 0 aliphatic carbocycles. The van der Waals surface area contributed by atoms with E-state index in [0.29, 0.717) is 6.54 Å². The van der Waals surface area contributed by atoms with Gasteiger partial charge in [0.1, 0.15) is 11.5 Å². The molecule has 0 saturated heterocycles. The maximum Gasteiger partial charge on any atom is 0.127 e. The van der Waals surface area contributed by atoms with Crippen LogP contribution in [0.5, 0.6) is 11.5 Å². The van der Waals surface area contributed by atoms with Crippen LogP contribution in [0.2, 0.25) is 0 Å². The van der Waals surface area contributed by atoms with Crippen molar-refractivity contribution in [3.05, 3.63) is 23.8 Å². The SMILES string of the molecule is CCCCCCCCCCOc1cc(OC)ccc1CN. The molecule has 2 N–H and O–H groups in total. The van der Waals surface area contributed by atoms with Gasteiger partial charge in [-0.2, -0.15) is 0 Å². The molecule has 1 aromatic carbocycles. The van der Waals surface area contributed by atoms with Gasteiger partial charge in [-0.3, -0.25) is 0 Å². The summed E-state index contributed by atoms with van der Waals surface area (Å²) in [6.45, 7) is 3.51. The van der Waals surface area contributed by atoms with Gasteiger partial charge in [0.2, 0.25) is 0 Å². The van der Waals surface area contributed by atoms with Gasteiger partial charge in [0.25, 0.3) is 0 Å². The number of hydrogen-bond acceptors (Lipinski definition) is 3. The van der Waals surface area contributed by atoms with Crippen LogP contribution in [0.3, 0.4) is 0 Å². The largest absolute Gasteiger partial charge is 0.497 e. The van der Waals surface area contributed by atoms with E-state index in [1.54, 1.807) is 7.11 Å². The van der Waals surface area contributed by atoms with Crippen LogP contribution in [0.25, 0.3) is 0 Å². The summed E-state index contributed by atoms with van der Waals surface area (Å²) in [7, 11) is 1.67. The summed E-state index contributed by atoms with van der Waals surface area (Å²) >= 11 is 0. The third-order valence-corrected chi connectivity index (χ3v) is 3.75. The van der Waals surface area contributed by atoms with Crippen molar-refractivity contribution in [2.24, 2.45) is 5.73 Å². The average Bonchev–Trinajstić information content (AvgIpc) is 2.53. The summed E-state index contributed by atoms with van der Waals surface area (Å²) in [4.78, 5) is 0. The number of methoxy groups -OCH3 is 1. The summed E-state index contributed by atoms with van der Waals surface area (Å²) in [6, 6.07) is 5.82. The Balaban J connectivity index is 2.17. The van der Waals surface area contributed by atoms with Crippen LogP contribution in [0.1, 0.15) is 63.9 Å². The van der Waals surface area contributed by atoms with Gasteiger partial charge in [0.05, 0.1) is 13.7 Å². The maximum absolute atomic E-state index is 5.86. The summed E-state index contributed by atoms with van der Waals surface area (Å²) in [5.41, 5.74) is 6.77. The second-order valence-electron chi connectivity index (χ2n) is 5.50. The monoisotopic (exact) mass is 293 g/mol. The fourth-order valence-corrected chi connectivity index (χ4v) is 2.38. The molecule has 21 heavy (non-hydrogen) atoms. The molecule has 0 bridgehead atoms. The number of unbranched alkanes of at least 4 members (excludes halogenated alkanes) is 7. The fourth-order valence-electron chi connectivity index (χ4n) is 2.38. The van der Waals surface area contributed by atoms with Crippen molar-refractivity contribution in [3.63, 3.8) is 0 Å². The molecule has 3 nitrogen and oxygen atoms in total. The number of nitrogens with two attached hydrogens (primary N) is 1. The first-order valence-corrected chi connectivity index (χ1v) is 8.31. The zero-order valence-corrected chi connectivity index (χ0v) is 13.7. The zero-order chi connectivity index (χ0) is 15.3. The standard InChI is InChI=1S/C18H31NO2/c1-3-4-5-6-7-8-9-10-13-21-18-14-17(20-2)12-11-16(18)15-19/h11-12,14H,3-10,13,15,19H2,1-2H3. The van der Waals surface area contributed by atoms with Gasteiger partial charge in [-0.05, 0) is 12.5 Å². The smallest absolute Gasteiger partial charge is 0.127 e. The van der Waals surface area contributed by atoms with Gasteiger partial charge >= 0.3 is 0 Å². The molecule has 1 rings (SSSR count). The molecule has 0 aromatic heterocycles. The van der Waals surface area contributed by atoms with Crippen molar-refractivity contribution >= 4 is 0 Å². The van der Waals surface area contributed by atoms with Gasteiger partial charge in [-0.15, -0.1) is 0 Å². The third-order valence-electron chi connectivity index (χ3n) is 3.75. The van der Waals surface area contributed by atoms with E-state index in [1.165, 1.54) is 44.9 Å². The molecule has 0 saturated carbocycles. The quantitative estimate of drug-likeness (QED) is 0.569. The highest BCUT2D eigenvalue weighted by Crippen LogP contribution is 2.24. The molecule has 0 atom stereocenters. The van der Waals surface area contributed by atoms with Gasteiger partial charge in [-0.25, -0.2) is 0 Å². The molecule has 0 fully saturated rings. The van der Waals surface area contributed by atoms with E-state index in [0.717, 1.165) is 30.1 Å². The Labute approximate surface area is 129 Å². The first-order valence-electron chi connectivity index (χ1n) is 8.31. The Morgan fingerprint density at radius 1 is 0.952 bits per heavy atom. The number of rotatable bonds is 12. The van der Waals surface area contributed by atoms with E-state index < -0.39 is 0 Å². The number of benzene rings is 1. The second-order valence-corrected chi connectivity index (χ2v) is 5.50. The van der Waals surface area contributed by atoms with E-state index in [4.69, 9.17) is 15.2 Å². The molecule has 3 heteroatoms. The van der Waals surface area contributed by atoms with Crippen LogP contribution in [-0.2, 0) is 6.54 Å². The van der Waals surface area contributed by atoms with E-state index in [9.17, 15) is 0 Å². The zero-order valence-electron chi connectivity index (χ0n) is 13.7. The summed E-state index contributed by atoms with van der Waals surface area (Å²) in [5.74, 6) is 1.68. The highest BCUT2D eigenvalue weighted by Gasteiger charge is 2.04. The molecule has 0 unspecified atom stereocenters. The Kier molecular flexibility index (Phi) is 9.71. The van der Waals surface area contributed by atoms with E-state index in [1.807, 2.05) is 18.2 Å². The Morgan fingerprint density at radius 3 is 2.24 bits per heavy atom. The van der Waals surface area contributed by atoms with Crippen molar-refractivity contribution in [2.75, 3.05) is 13.7 Å². The topological polar surface area (TPSA) is 44.5 Å². The Bertz CT molecular complexity index is 379. The van der Waals surface area contributed by atoms with Crippen LogP contribution >= 0.6 is 0 Å².